The lowest BCUT2D eigenvalue weighted by Gasteiger charge is -2.31. The summed E-state index contributed by atoms with van der Waals surface area (Å²) < 4.78 is 10.6. The summed E-state index contributed by atoms with van der Waals surface area (Å²) in [6, 6.07) is 13.8. The first kappa shape index (κ1) is 23.8. The van der Waals surface area contributed by atoms with Gasteiger partial charge in [0.1, 0.15) is 11.5 Å². The van der Waals surface area contributed by atoms with Crippen molar-refractivity contribution in [3.8, 4) is 5.75 Å². The van der Waals surface area contributed by atoms with Gasteiger partial charge in [-0.25, -0.2) is 0 Å². The summed E-state index contributed by atoms with van der Waals surface area (Å²) in [6.45, 7) is 3.91. The van der Waals surface area contributed by atoms with Crippen molar-refractivity contribution in [3.05, 3.63) is 65.2 Å². The first-order chi connectivity index (χ1) is 16.4. The van der Waals surface area contributed by atoms with Crippen molar-refractivity contribution < 1.29 is 24.2 Å². The number of amides is 1. The standard InChI is InChI=1S/C26H31N3O5/c1-27(2)20-8-4-18(5-9-20)23-22(24(30)19-6-10-21(33-3)11-7-19)25(31)26(32)29(23)13-12-28-14-16-34-17-15-28/h4-11,23,30H,12-17H2,1-3H3/t23-/m1/s1. The topological polar surface area (TPSA) is 82.5 Å². The molecule has 0 saturated carbocycles. The first-order valence-corrected chi connectivity index (χ1v) is 11.4. The fourth-order valence-electron chi connectivity index (χ4n) is 4.39. The Bertz CT molecular complexity index is 1060. The second kappa shape index (κ2) is 10.3. The van der Waals surface area contributed by atoms with E-state index in [0.717, 1.165) is 24.3 Å². The fraction of sp³-hybridized carbons (Fsp3) is 0.385. The van der Waals surface area contributed by atoms with E-state index in [9.17, 15) is 14.7 Å². The van der Waals surface area contributed by atoms with Crippen LogP contribution in [0.4, 0.5) is 5.69 Å². The average Bonchev–Trinajstić information content (AvgIpc) is 3.12. The molecule has 0 bridgehead atoms. The Balaban J connectivity index is 1.72. The molecule has 4 rings (SSSR count). The van der Waals surface area contributed by atoms with Crippen molar-refractivity contribution in [1.29, 1.82) is 0 Å². The molecule has 2 fully saturated rings. The maximum atomic E-state index is 13.2. The van der Waals surface area contributed by atoms with Crippen molar-refractivity contribution >= 4 is 23.1 Å². The van der Waals surface area contributed by atoms with Gasteiger partial charge in [0.25, 0.3) is 11.7 Å². The van der Waals surface area contributed by atoms with E-state index in [1.807, 2.05) is 43.3 Å². The van der Waals surface area contributed by atoms with E-state index in [1.165, 1.54) is 0 Å². The quantitative estimate of drug-likeness (QED) is 0.382. The smallest absolute Gasteiger partial charge is 0.295 e. The summed E-state index contributed by atoms with van der Waals surface area (Å²) in [5.41, 5.74) is 2.35. The molecule has 8 nitrogen and oxygen atoms in total. The zero-order chi connectivity index (χ0) is 24.2. The summed E-state index contributed by atoms with van der Waals surface area (Å²) in [5.74, 6) is -0.808. The highest BCUT2D eigenvalue weighted by Gasteiger charge is 2.46. The van der Waals surface area contributed by atoms with Gasteiger partial charge in [0, 0.05) is 51.5 Å². The molecule has 8 heteroatoms. The van der Waals surface area contributed by atoms with E-state index in [-0.39, 0.29) is 11.3 Å². The number of methoxy groups -OCH3 is 1. The van der Waals surface area contributed by atoms with Crippen LogP contribution in [0.3, 0.4) is 0 Å². The molecule has 2 aliphatic rings. The Kier molecular flexibility index (Phi) is 7.19. The molecule has 0 aliphatic carbocycles. The monoisotopic (exact) mass is 465 g/mol. The van der Waals surface area contributed by atoms with Crippen LogP contribution in [0.15, 0.2) is 54.1 Å². The minimum Gasteiger partial charge on any atom is -0.507 e. The van der Waals surface area contributed by atoms with E-state index in [4.69, 9.17) is 9.47 Å². The van der Waals surface area contributed by atoms with Crippen LogP contribution in [0, 0.1) is 0 Å². The van der Waals surface area contributed by atoms with E-state index >= 15 is 0 Å². The summed E-state index contributed by atoms with van der Waals surface area (Å²) in [5, 5.41) is 11.2. The Morgan fingerprint density at radius 2 is 1.68 bits per heavy atom. The lowest BCUT2D eigenvalue weighted by Crippen LogP contribution is -2.42. The summed E-state index contributed by atoms with van der Waals surface area (Å²) in [6.07, 6.45) is 0. The highest BCUT2D eigenvalue weighted by Crippen LogP contribution is 2.39. The summed E-state index contributed by atoms with van der Waals surface area (Å²) >= 11 is 0. The molecule has 2 heterocycles. The van der Waals surface area contributed by atoms with Gasteiger partial charge in [-0.15, -0.1) is 0 Å². The number of ketones is 1. The molecule has 2 aromatic rings. The minimum absolute atomic E-state index is 0.106. The van der Waals surface area contributed by atoms with Gasteiger partial charge in [-0.1, -0.05) is 12.1 Å². The number of aliphatic hydroxyl groups is 1. The zero-order valence-corrected chi connectivity index (χ0v) is 19.9. The third-order valence-electron chi connectivity index (χ3n) is 6.39. The number of morpholine rings is 1. The Hall–Kier alpha value is -3.36. The predicted molar refractivity (Wildman–Crippen MR) is 130 cm³/mol. The van der Waals surface area contributed by atoms with Crippen molar-refractivity contribution in [2.75, 3.05) is 65.5 Å². The molecule has 34 heavy (non-hydrogen) atoms. The van der Waals surface area contributed by atoms with Crippen LogP contribution in [0.1, 0.15) is 17.2 Å². The van der Waals surface area contributed by atoms with Crippen LogP contribution in [0.25, 0.3) is 5.76 Å². The lowest BCUT2D eigenvalue weighted by atomic mass is 9.95. The van der Waals surface area contributed by atoms with Crippen LogP contribution in [-0.4, -0.2) is 87.2 Å². The fourth-order valence-corrected chi connectivity index (χ4v) is 4.39. The molecule has 1 N–H and O–H groups in total. The number of nitrogens with zero attached hydrogens (tertiary/aromatic N) is 3. The second-order valence-corrected chi connectivity index (χ2v) is 8.66. The number of likely N-dealkylation sites (tertiary alicyclic amines) is 1. The van der Waals surface area contributed by atoms with Gasteiger partial charge in [0.05, 0.1) is 31.9 Å². The average molecular weight is 466 g/mol. The van der Waals surface area contributed by atoms with Crippen LogP contribution >= 0.6 is 0 Å². The normalized spacial score (nSPS) is 20.6. The van der Waals surface area contributed by atoms with Crippen LogP contribution in [0.2, 0.25) is 0 Å². The summed E-state index contributed by atoms with van der Waals surface area (Å²) in [7, 11) is 5.46. The number of ether oxygens (including phenoxy) is 2. The van der Waals surface area contributed by atoms with Gasteiger partial charge < -0.3 is 24.4 Å². The molecular formula is C26H31N3O5. The van der Waals surface area contributed by atoms with Gasteiger partial charge in [0.2, 0.25) is 0 Å². The highest BCUT2D eigenvalue weighted by molar-refractivity contribution is 6.46. The molecule has 1 atom stereocenters. The van der Waals surface area contributed by atoms with Gasteiger partial charge >= 0.3 is 0 Å². The van der Waals surface area contributed by atoms with E-state index in [2.05, 4.69) is 4.90 Å². The molecular weight excluding hydrogens is 434 g/mol. The SMILES string of the molecule is COc1ccc(C(O)=C2C(=O)C(=O)N(CCN3CCOCC3)[C@@H]2c2ccc(N(C)C)cc2)cc1. The van der Waals surface area contributed by atoms with E-state index < -0.39 is 17.7 Å². The van der Waals surface area contributed by atoms with Crippen LogP contribution < -0.4 is 9.64 Å². The van der Waals surface area contributed by atoms with Gasteiger partial charge in [-0.2, -0.15) is 0 Å². The Morgan fingerprint density at radius 1 is 1.03 bits per heavy atom. The van der Waals surface area contributed by atoms with E-state index in [0.29, 0.717) is 37.6 Å². The number of hydrogen-bond acceptors (Lipinski definition) is 7. The number of hydrogen-bond donors (Lipinski definition) is 1. The molecule has 0 aromatic heterocycles. The summed E-state index contributed by atoms with van der Waals surface area (Å²) in [4.78, 5) is 32.1. The highest BCUT2D eigenvalue weighted by atomic mass is 16.5. The molecule has 2 aliphatic heterocycles. The second-order valence-electron chi connectivity index (χ2n) is 8.66. The number of carbonyl (C=O) groups is 2. The molecule has 1 amide bonds. The van der Waals surface area contributed by atoms with Crippen LogP contribution in [-0.2, 0) is 14.3 Å². The van der Waals surface area contributed by atoms with Crippen molar-refractivity contribution in [1.82, 2.24) is 9.80 Å². The number of rotatable bonds is 7. The van der Waals surface area contributed by atoms with Gasteiger partial charge in [0.15, 0.2) is 0 Å². The number of benzene rings is 2. The number of Topliss-reactive ketones (excluding diaryl/α,β-unsaturated/α-hetero) is 1. The molecule has 0 unspecified atom stereocenters. The maximum absolute atomic E-state index is 13.2. The van der Waals surface area contributed by atoms with E-state index in [1.54, 1.807) is 36.3 Å². The number of anilines is 1. The molecule has 0 spiro atoms. The maximum Gasteiger partial charge on any atom is 0.295 e. The largest absolute Gasteiger partial charge is 0.507 e. The third-order valence-corrected chi connectivity index (χ3v) is 6.39. The van der Waals surface area contributed by atoms with Gasteiger partial charge in [-0.05, 0) is 42.0 Å². The predicted octanol–water partition coefficient (Wildman–Crippen LogP) is 2.52. The molecule has 180 valence electrons. The zero-order valence-electron chi connectivity index (χ0n) is 19.9. The number of aliphatic hydroxyl groups excluding tert-OH is 1. The van der Waals surface area contributed by atoms with Gasteiger partial charge in [-0.3, -0.25) is 14.5 Å². The number of carbonyl (C=O) groups excluding carboxylic acids is 2. The Morgan fingerprint density at radius 3 is 2.26 bits per heavy atom. The van der Waals surface area contributed by atoms with Crippen molar-refractivity contribution in [2.24, 2.45) is 0 Å². The minimum atomic E-state index is -0.669. The Labute approximate surface area is 200 Å². The van der Waals surface area contributed by atoms with Crippen LogP contribution in [0.5, 0.6) is 5.75 Å². The third kappa shape index (κ3) is 4.78. The van der Waals surface area contributed by atoms with Crippen molar-refractivity contribution in [3.63, 3.8) is 0 Å². The van der Waals surface area contributed by atoms with Crippen molar-refractivity contribution in [2.45, 2.75) is 6.04 Å². The lowest BCUT2D eigenvalue weighted by molar-refractivity contribution is -0.140. The first-order valence-electron chi connectivity index (χ1n) is 11.4. The molecule has 0 radical (unpaired) electrons. The molecule has 2 aromatic carbocycles. The molecule has 2 saturated heterocycles.